The summed E-state index contributed by atoms with van der Waals surface area (Å²) in [6.07, 6.45) is 5.09. The molecule has 0 bridgehead atoms. The van der Waals surface area contributed by atoms with Gasteiger partial charge in [0.05, 0.1) is 0 Å². The van der Waals surface area contributed by atoms with Crippen LogP contribution in [0.4, 0.5) is 0 Å². The molecule has 0 aliphatic carbocycles. The standard InChI is InChI=1S/C8H19N.C3H8.C2H6/c1-4-6-7-9-8(3)5-2;1-3-2;1-2/h8-9H,4-7H2,1-3H3;3H2,1-2H3;1-2H3. The zero-order valence-electron chi connectivity index (χ0n) is 11.6. The van der Waals surface area contributed by atoms with Gasteiger partial charge in [-0.3, -0.25) is 0 Å². The summed E-state index contributed by atoms with van der Waals surface area (Å²) in [5, 5.41) is 3.43. The van der Waals surface area contributed by atoms with E-state index in [1.54, 1.807) is 0 Å². The Kier molecular flexibility index (Phi) is 32.2. The lowest BCUT2D eigenvalue weighted by Gasteiger charge is -2.09. The molecule has 0 saturated carbocycles. The maximum atomic E-state index is 3.43. The van der Waals surface area contributed by atoms with Gasteiger partial charge in [-0.1, -0.05) is 54.4 Å². The Morgan fingerprint density at radius 3 is 1.71 bits per heavy atom. The Balaban J connectivity index is -0.000000205. The van der Waals surface area contributed by atoms with Crippen molar-refractivity contribution in [3.8, 4) is 0 Å². The molecule has 0 radical (unpaired) electrons. The Labute approximate surface area is 92.7 Å². The Morgan fingerprint density at radius 2 is 1.43 bits per heavy atom. The molecule has 0 amide bonds. The van der Waals surface area contributed by atoms with Crippen LogP contribution < -0.4 is 5.32 Å². The quantitative estimate of drug-likeness (QED) is 0.643. The van der Waals surface area contributed by atoms with Gasteiger partial charge in [0.15, 0.2) is 0 Å². The van der Waals surface area contributed by atoms with Gasteiger partial charge in [-0.25, -0.2) is 0 Å². The van der Waals surface area contributed by atoms with Crippen LogP contribution in [0.5, 0.6) is 0 Å². The molecule has 0 aliphatic rings. The van der Waals surface area contributed by atoms with Gasteiger partial charge in [-0.05, 0) is 26.3 Å². The fourth-order valence-corrected chi connectivity index (χ4v) is 0.670. The van der Waals surface area contributed by atoms with Gasteiger partial charge in [0, 0.05) is 6.04 Å². The minimum Gasteiger partial charge on any atom is -0.314 e. The van der Waals surface area contributed by atoms with Crippen LogP contribution in [-0.4, -0.2) is 12.6 Å². The van der Waals surface area contributed by atoms with Crippen molar-refractivity contribution in [3.05, 3.63) is 0 Å². The highest BCUT2D eigenvalue weighted by molar-refractivity contribution is 4.55. The van der Waals surface area contributed by atoms with Crippen LogP contribution in [0.25, 0.3) is 0 Å². The first-order chi connectivity index (χ1) is 6.72. The van der Waals surface area contributed by atoms with Crippen molar-refractivity contribution in [3.63, 3.8) is 0 Å². The summed E-state index contributed by atoms with van der Waals surface area (Å²) < 4.78 is 0. The summed E-state index contributed by atoms with van der Waals surface area (Å²) in [7, 11) is 0. The molecule has 1 N–H and O–H groups in total. The Bertz CT molecular complexity index is 62.3. The van der Waals surface area contributed by atoms with Crippen molar-refractivity contribution in [1.29, 1.82) is 0 Å². The van der Waals surface area contributed by atoms with Crippen molar-refractivity contribution >= 4 is 0 Å². The van der Waals surface area contributed by atoms with Gasteiger partial charge in [0.25, 0.3) is 0 Å². The van der Waals surface area contributed by atoms with Crippen molar-refractivity contribution in [1.82, 2.24) is 5.32 Å². The van der Waals surface area contributed by atoms with Crippen molar-refractivity contribution in [2.75, 3.05) is 6.54 Å². The molecule has 0 heterocycles. The van der Waals surface area contributed by atoms with Crippen LogP contribution >= 0.6 is 0 Å². The van der Waals surface area contributed by atoms with Crippen LogP contribution in [0.15, 0.2) is 0 Å². The molecular weight excluding hydrogens is 170 g/mol. The van der Waals surface area contributed by atoms with Gasteiger partial charge in [0.1, 0.15) is 0 Å². The average Bonchev–Trinajstić information content (AvgIpc) is 2.22. The maximum Gasteiger partial charge on any atom is 0.00360 e. The fourth-order valence-electron chi connectivity index (χ4n) is 0.670. The first-order valence-electron chi connectivity index (χ1n) is 6.46. The molecule has 0 spiro atoms. The summed E-state index contributed by atoms with van der Waals surface area (Å²) in [6, 6.07) is 0.705. The van der Waals surface area contributed by atoms with E-state index in [-0.39, 0.29) is 0 Å². The van der Waals surface area contributed by atoms with Crippen LogP contribution in [0.2, 0.25) is 0 Å². The molecule has 14 heavy (non-hydrogen) atoms. The minimum absolute atomic E-state index is 0.705. The van der Waals surface area contributed by atoms with Gasteiger partial charge >= 0.3 is 0 Å². The molecule has 1 atom stereocenters. The van der Waals surface area contributed by atoms with Crippen LogP contribution in [0.1, 0.15) is 74.1 Å². The normalized spacial score (nSPS) is 10.5. The van der Waals surface area contributed by atoms with E-state index >= 15 is 0 Å². The minimum atomic E-state index is 0.705. The predicted molar refractivity (Wildman–Crippen MR) is 70.0 cm³/mol. The van der Waals surface area contributed by atoms with Crippen molar-refractivity contribution < 1.29 is 0 Å². The summed E-state index contributed by atoms with van der Waals surface area (Å²) in [4.78, 5) is 0. The van der Waals surface area contributed by atoms with Gasteiger partial charge in [-0.15, -0.1) is 0 Å². The first-order valence-corrected chi connectivity index (χ1v) is 6.46. The molecule has 1 nitrogen and oxygen atoms in total. The second kappa shape index (κ2) is 23.1. The number of hydrogen-bond donors (Lipinski definition) is 1. The zero-order chi connectivity index (χ0) is 11.8. The predicted octanol–water partition coefficient (Wildman–Crippen LogP) is 4.62. The zero-order valence-corrected chi connectivity index (χ0v) is 11.6. The number of hydrogen-bond acceptors (Lipinski definition) is 1. The van der Waals surface area contributed by atoms with E-state index < -0.39 is 0 Å². The topological polar surface area (TPSA) is 12.0 Å². The summed E-state index contributed by atoms with van der Waals surface area (Å²) in [5.74, 6) is 0. The lowest BCUT2D eigenvalue weighted by atomic mass is 10.2. The second-order valence-electron chi connectivity index (χ2n) is 3.32. The van der Waals surface area contributed by atoms with Gasteiger partial charge in [0.2, 0.25) is 0 Å². The average molecular weight is 203 g/mol. The first kappa shape index (κ1) is 19.5. The van der Waals surface area contributed by atoms with Crippen LogP contribution in [0.3, 0.4) is 0 Å². The summed E-state index contributed by atoms with van der Waals surface area (Å²) >= 11 is 0. The van der Waals surface area contributed by atoms with Crippen molar-refractivity contribution in [2.24, 2.45) is 0 Å². The lowest BCUT2D eigenvalue weighted by Crippen LogP contribution is -2.25. The third-order valence-electron chi connectivity index (χ3n) is 1.64. The van der Waals surface area contributed by atoms with Crippen molar-refractivity contribution in [2.45, 2.75) is 80.2 Å². The summed E-state index contributed by atoms with van der Waals surface area (Å²) in [6.45, 7) is 16.1. The molecule has 0 aliphatic heterocycles. The molecule has 0 fully saturated rings. The molecule has 90 valence electrons. The van der Waals surface area contributed by atoms with Crippen LogP contribution in [-0.2, 0) is 0 Å². The molecule has 0 aromatic heterocycles. The fraction of sp³-hybridized carbons (Fsp3) is 1.00. The second-order valence-corrected chi connectivity index (χ2v) is 3.32. The monoisotopic (exact) mass is 203 g/mol. The van der Waals surface area contributed by atoms with E-state index in [1.807, 2.05) is 13.8 Å². The van der Waals surface area contributed by atoms with E-state index in [4.69, 9.17) is 0 Å². The van der Waals surface area contributed by atoms with E-state index in [2.05, 4.69) is 39.9 Å². The largest absolute Gasteiger partial charge is 0.314 e. The van der Waals surface area contributed by atoms with E-state index in [1.165, 1.54) is 32.2 Å². The number of unbranched alkanes of at least 4 members (excludes halogenated alkanes) is 1. The van der Waals surface area contributed by atoms with Crippen LogP contribution in [0, 0.1) is 0 Å². The molecule has 1 unspecified atom stereocenters. The molecule has 0 aromatic rings. The third-order valence-corrected chi connectivity index (χ3v) is 1.64. The Hall–Kier alpha value is -0.0400. The third kappa shape index (κ3) is 29.7. The van der Waals surface area contributed by atoms with E-state index in [0.717, 1.165) is 0 Å². The SMILES string of the molecule is CC.CCC.CCCCNC(C)CC. The van der Waals surface area contributed by atoms with E-state index in [0.29, 0.717) is 6.04 Å². The highest BCUT2D eigenvalue weighted by Crippen LogP contribution is 1.89. The van der Waals surface area contributed by atoms with Gasteiger partial charge in [-0.2, -0.15) is 0 Å². The molecule has 0 saturated heterocycles. The molecule has 0 aromatic carbocycles. The number of rotatable bonds is 5. The Morgan fingerprint density at radius 1 is 1.00 bits per heavy atom. The molecular formula is C13H33N. The van der Waals surface area contributed by atoms with Gasteiger partial charge < -0.3 is 5.32 Å². The lowest BCUT2D eigenvalue weighted by molar-refractivity contribution is 0.521. The smallest absolute Gasteiger partial charge is 0.00360 e. The maximum absolute atomic E-state index is 3.43. The molecule has 0 rings (SSSR count). The number of nitrogens with one attached hydrogen (secondary N) is 1. The highest BCUT2D eigenvalue weighted by Gasteiger charge is 1.93. The summed E-state index contributed by atoms with van der Waals surface area (Å²) in [5.41, 5.74) is 0. The van der Waals surface area contributed by atoms with E-state index in [9.17, 15) is 0 Å². The highest BCUT2D eigenvalue weighted by atomic mass is 14.9. The molecule has 1 heteroatoms.